The molecule has 0 fully saturated rings. The van der Waals surface area contributed by atoms with Crippen molar-refractivity contribution < 1.29 is 13.9 Å². The van der Waals surface area contributed by atoms with Crippen LogP contribution in [0.5, 0.6) is 5.75 Å². The summed E-state index contributed by atoms with van der Waals surface area (Å²) < 4.78 is 21.9. The summed E-state index contributed by atoms with van der Waals surface area (Å²) in [5.74, 6) is 2.30. The number of carbonyl (C=O) groups excluding carboxylic acids is 1. The number of halogens is 1. The predicted octanol–water partition coefficient (Wildman–Crippen LogP) is 6.79. The second-order valence-corrected chi connectivity index (χ2v) is 11.9. The van der Waals surface area contributed by atoms with Gasteiger partial charge in [-0.15, -0.1) is 5.10 Å². The number of nitrogens with zero attached hydrogens (tertiary/aromatic N) is 3. The fourth-order valence-electron chi connectivity index (χ4n) is 4.88. The van der Waals surface area contributed by atoms with Gasteiger partial charge in [0.15, 0.2) is 5.78 Å². The largest absolute Gasteiger partial charge is 0.494 e. The monoisotopic (exact) mass is 520 g/mol. The Kier molecular flexibility index (Phi) is 7.12. The molecular weight excluding hydrogens is 487 g/mol. The molecule has 1 aliphatic carbocycles. The molecule has 5 rings (SSSR count). The highest BCUT2D eigenvalue weighted by Gasteiger charge is 2.41. The Morgan fingerprint density at radius 1 is 1.16 bits per heavy atom. The molecular formula is C29H33FN4O2S. The van der Waals surface area contributed by atoms with E-state index in [-0.39, 0.29) is 23.1 Å². The van der Waals surface area contributed by atoms with Crippen molar-refractivity contribution in [2.24, 2.45) is 11.3 Å². The zero-order chi connectivity index (χ0) is 26.2. The molecule has 1 unspecified atom stereocenters. The normalized spacial score (nSPS) is 18.4. The lowest BCUT2D eigenvalue weighted by molar-refractivity contribution is -0.118. The quantitative estimate of drug-likeness (QED) is 0.330. The topological polar surface area (TPSA) is 69.0 Å². The van der Waals surface area contributed by atoms with Crippen LogP contribution in [0.2, 0.25) is 0 Å². The first-order chi connectivity index (χ1) is 17.7. The number of hydrogen-bond acceptors (Lipinski definition) is 6. The minimum atomic E-state index is -0.380. The maximum atomic E-state index is 14.1. The van der Waals surface area contributed by atoms with Gasteiger partial charge in [-0.2, -0.15) is 4.98 Å². The number of hydrogen-bond donors (Lipinski definition) is 1. The number of ether oxygens (including phenoxy) is 1. The zero-order valence-corrected chi connectivity index (χ0v) is 22.6. The van der Waals surface area contributed by atoms with Crippen LogP contribution >= 0.6 is 11.8 Å². The number of benzene rings is 2. The molecule has 2 aromatic carbocycles. The van der Waals surface area contributed by atoms with Crippen molar-refractivity contribution in [1.82, 2.24) is 14.8 Å². The van der Waals surface area contributed by atoms with Crippen LogP contribution in [-0.2, 0) is 10.5 Å². The molecule has 0 radical (unpaired) electrons. The lowest BCUT2D eigenvalue weighted by Crippen LogP contribution is -2.36. The van der Waals surface area contributed by atoms with E-state index in [2.05, 4.69) is 33.0 Å². The lowest BCUT2D eigenvalue weighted by Gasteiger charge is -2.38. The summed E-state index contributed by atoms with van der Waals surface area (Å²) in [6, 6.07) is 14.3. The summed E-state index contributed by atoms with van der Waals surface area (Å²) in [4.78, 5) is 18.2. The third kappa shape index (κ3) is 5.59. The van der Waals surface area contributed by atoms with Crippen molar-refractivity contribution >= 4 is 23.5 Å². The minimum absolute atomic E-state index is 0.128. The van der Waals surface area contributed by atoms with Crippen LogP contribution in [0.4, 0.5) is 10.3 Å². The smallest absolute Gasteiger partial charge is 0.227 e. The van der Waals surface area contributed by atoms with E-state index in [4.69, 9.17) is 14.8 Å². The number of nitrogens with one attached hydrogen (secondary N) is 1. The summed E-state index contributed by atoms with van der Waals surface area (Å²) in [5, 5.41) is 8.71. The Bertz CT molecular complexity index is 1330. The van der Waals surface area contributed by atoms with E-state index >= 15 is 0 Å². The Labute approximate surface area is 221 Å². The Morgan fingerprint density at radius 2 is 1.92 bits per heavy atom. The van der Waals surface area contributed by atoms with Crippen LogP contribution in [0.15, 0.2) is 65.0 Å². The van der Waals surface area contributed by atoms with Crippen LogP contribution in [-0.4, -0.2) is 27.2 Å². The fourth-order valence-corrected chi connectivity index (χ4v) is 5.69. The van der Waals surface area contributed by atoms with Crippen molar-refractivity contribution in [3.05, 3.63) is 76.7 Å². The minimum Gasteiger partial charge on any atom is -0.494 e. The van der Waals surface area contributed by atoms with E-state index < -0.39 is 0 Å². The van der Waals surface area contributed by atoms with Crippen molar-refractivity contribution in [2.45, 2.75) is 63.9 Å². The number of carbonyl (C=O) groups is 1. The van der Waals surface area contributed by atoms with Crippen LogP contribution in [0.3, 0.4) is 0 Å². The summed E-state index contributed by atoms with van der Waals surface area (Å²) in [6.45, 7) is 9.25. The number of ketones is 1. The van der Waals surface area contributed by atoms with Gasteiger partial charge in [0.2, 0.25) is 11.1 Å². The molecule has 3 aromatic rings. The van der Waals surface area contributed by atoms with Crippen molar-refractivity contribution in [3.63, 3.8) is 0 Å². The molecule has 1 aliphatic heterocycles. The van der Waals surface area contributed by atoms with Crippen molar-refractivity contribution in [1.29, 1.82) is 0 Å². The molecule has 1 N–H and O–H groups in total. The average molecular weight is 521 g/mol. The third-order valence-electron chi connectivity index (χ3n) is 6.79. The summed E-state index contributed by atoms with van der Waals surface area (Å²) in [5.41, 5.74) is 3.08. The molecule has 0 saturated heterocycles. The Balaban J connectivity index is 1.46. The van der Waals surface area contributed by atoms with Crippen LogP contribution in [0.25, 0.3) is 0 Å². The summed E-state index contributed by atoms with van der Waals surface area (Å²) in [6.07, 6.45) is 2.23. The van der Waals surface area contributed by atoms with E-state index in [1.807, 2.05) is 30.3 Å². The molecule has 8 heteroatoms. The zero-order valence-electron chi connectivity index (χ0n) is 21.8. The Morgan fingerprint density at radius 3 is 2.65 bits per heavy atom. The van der Waals surface area contributed by atoms with E-state index in [9.17, 15) is 9.18 Å². The van der Waals surface area contributed by atoms with Gasteiger partial charge >= 0.3 is 0 Å². The first-order valence-electron chi connectivity index (χ1n) is 12.8. The second-order valence-electron chi connectivity index (χ2n) is 11.0. The highest BCUT2D eigenvalue weighted by Crippen LogP contribution is 2.46. The number of allylic oxidation sites excluding steroid dienone is 2. The number of rotatable bonds is 8. The van der Waals surface area contributed by atoms with Gasteiger partial charge in [-0.05, 0) is 53.5 Å². The first-order valence-corrected chi connectivity index (χ1v) is 13.8. The van der Waals surface area contributed by atoms with Crippen molar-refractivity contribution in [3.8, 4) is 5.75 Å². The number of fused-ring (bicyclic) bond motifs is 1. The van der Waals surface area contributed by atoms with E-state index in [0.29, 0.717) is 41.4 Å². The molecule has 1 aromatic heterocycles. The number of thioether (sulfide) groups is 1. The average Bonchev–Trinajstić information content (AvgIpc) is 3.24. The first kappa shape index (κ1) is 25.5. The number of anilines is 1. The highest BCUT2D eigenvalue weighted by atomic mass is 32.2. The van der Waals surface area contributed by atoms with Gasteiger partial charge in [0.25, 0.3) is 0 Å². The molecule has 2 aliphatic rings. The van der Waals surface area contributed by atoms with Gasteiger partial charge in [0, 0.05) is 23.4 Å². The SMILES string of the molecule is CC(C)CCOc1ccc(C2C3=C(CC(C)(C)CC3=O)Nc3nc(SCc4ccccc4F)nn32)cc1. The molecule has 194 valence electrons. The predicted molar refractivity (Wildman–Crippen MR) is 144 cm³/mol. The van der Waals surface area contributed by atoms with Crippen LogP contribution < -0.4 is 10.1 Å². The second kappa shape index (κ2) is 10.3. The highest BCUT2D eigenvalue weighted by molar-refractivity contribution is 7.98. The summed E-state index contributed by atoms with van der Waals surface area (Å²) >= 11 is 1.38. The molecule has 37 heavy (non-hydrogen) atoms. The standard InChI is InChI=1S/C29H33FN4O2S/c1-18(2)13-14-36-21-11-9-19(10-12-21)26-25-23(15-29(3,4)16-24(25)35)31-27-32-28(33-34(26)27)37-17-20-7-5-6-8-22(20)30/h5-12,18,26H,13-17H2,1-4H3,(H,31,32,33). The molecule has 2 heterocycles. The van der Waals surface area contributed by atoms with Gasteiger partial charge in [-0.3, -0.25) is 4.79 Å². The molecule has 0 amide bonds. The fraction of sp³-hybridized carbons (Fsp3) is 0.414. The number of Topliss-reactive ketones (excluding diaryl/α,β-unsaturated/α-hetero) is 1. The maximum absolute atomic E-state index is 14.1. The van der Waals surface area contributed by atoms with Gasteiger partial charge in [0.1, 0.15) is 17.6 Å². The van der Waals surface area contributed by atoms with Gasteiger partial charge in [0.05, 0.1) is 6.61 Å². The van der Waals surface area contributed by atoms with Crippen molar-refractivity contribution in [2.75, 3.05) is 11.9 Å². The van der Waals surface area contributed by atoms with Gasteiger partial charge < -0.3 is 10.1 Å². The van der Waals surface area contributed by atoms with Gasteiger partial charge in [-0.25, -0.2) is 9.07 Å². The van der Waals surface area contributed by atoms with E-state index in [0.717, 1.165) is 35.4 Å². The third-order valence-corrected chi connectivity index (χ3v) is 7.67. The molecule has 0 saturated carbocycles. The molecule has 0 bridgehead atoms. The summed E-state index contributed by atoms with van der Waals surface area (Å²) in [7, 11) is 0. The maximum Gasteiger partial charge on any atom is 0.227 e. The lowest BCUT2D eigenvalue weighted by atomic mass is 9.73. The van der Waals surface area contributed by atoms with E-state index in [1.165, 1.54) is 17.8 Å². The van der Waals surface area contributed by atoms with Gasteiger partial charge in [-0.1, -0.05) is 69.8 Å². The number of aromatic nitrogens is 3. The molecule has 0 spiro atoms. The Hall–Kier alpha value is -3.13. The van der Waals surface area contributed by atoms with Crippen LogP contribution in [0.1, 0.15) is 64.1 Å². The van der Waals surface area contributed by atoms with Crippen LogP contribution in [0, 0.1) is 17.2 Å². The van der Waals surface area contributed by atoms with E-state index in [1.54, 1.807) is 16.8 Å². The molecule has 1 atom stereocenters. The molecule has 6 nitrogen and oxygen atoms in total.